The molecule has 0 aromatic carbocycles. The Morgan fingerprint density at radius 2 is 2.19 bits per heavy atom. The smallest absolute Gasteiger partial charge is 0.240 e. The number of ether oxygens (including phenoxy) is 1. The minimum atomic E-state index is -0.772. The molecule has 1 N–H and O–H groups in total. The van der Waals surface area contributed by atoms with Gasteiger partial charge in [-0.3, -0.25) is 4.79 Å². The zero-order valence-corrected chi connectivity index (χ0v) is 10.1. The summed E-state index contributed by atoms with van der Waals surface area (Å²) in [5.74, 6) is -0.126. The lowest BCUT2D eigenvalue weighted by Gasteiger charge is -2.20. The Morgan fingerprint density at radius 3 is 2.69 bits per heavy atom. The molecule has 1 atom stereocenters. The first-order valence-corrected chi connectivity index (χ1v) is 5.96. The first-order valence-electron chi connectivity index (χ1n) is 5.96. The summed E-state index contributed by atoms with van der Waals surface area (Å²) in [6.45, 7) is 4.96. The second-order valence-corrected chi connectivity index (χ2v) is 4.38. The van der Waals surface area contributed by atoms with E-state index in [9.17, 15) is 4.79 Å². The van der Waals surface area contributed by atoms with Crippen molar-refractivity contribution < 1.29 is 9.53 Å². The van der Waals surface area contributed by atoms with Crippen LogP contribution in [0.5, 0.6) is 0 Å². The first kappa shape index (κ1) is 13.0. The molecule has 1 saturated carbocycles. The molecule has 0 aromatic heterocycles. The van der Waals surface area contributed by atoms with Crippen LogP contribution in [0.25, 0.3) is 0 Å². The zero-order valence-electron chi connectivity index (χ0n) is 10.1. The number of nitrogens with one attached hydrogen (secondary N) is 1. The van der Waals surface area contributed by atoms with Crippen molar-refractivity contribution in [1.82, 2.24) is 5.32 Å². The second-order valence-electron chi connectivity index (χ2n) is 4.38. The molecule has 4 heteroatoms. The Morgan fingerprint density at radius 1 is 1.56 bits per heavy atom. The third kappa shape index (κ3) is 2.96. The van der Waals surface area contributed by atoms with Gasteiger partial charge in [-0.2, -0.15) is 5.26 Å². The molecule has 0 saturated heterocycles. The molecule has 0 spiro atoms. The summed E-state index contributed by atoms with van der Waals surface area (Å²) in [4.78, 5) is 11.9. The number of nitriles is 1. The lowest BCUT2D eigenvalue weighted by molar-refractivity contribution is -0.128. The van der Waals surface area contributed by atoms with Crippen molar-refractivity contribution in [3.8, 4) is 6.07 Å². The molecule has 1 aliphatic rings. The molecule has 1 unspecified atom stereocenters. The molecule has 0 heterocycles. The number of amides is 1. The SMILES string of the molecule is CCOC(C)CNC(=O)C1(C#N)CCCC1. The van der Waals surface area contributed by atoms with E-state index in [0.29, 0.717) is 26.0 Å². The van der Waals surface area contributed by atoms with Crippen molar-refractivity contribution in [3.05, 3.63) is 0 Å². The van der Waals surface area contributed by atoms with Gasteiger partial charge in [0.05, 0.1) is 12.2 Å². The van der Waals surface area contributed by atoms with Crippen molar-refractivity contribution in [1.29, 1.82) is 5.26 Å². The number of carbonyl (C=O) groups is 1. The highest BCUT2D eigenvalue weighted by Crippen LogP contribution is 2.37. The Kier molecular flexibility index (Phi) is 4.75. The summed E-state index contributed by atoms with van der Waals surface area (Å²) < 4.78 is 5.32. The molecule has 16 heavy (non-hydrogen) atoms. The molecule has 0 bridgehead atoms. The van der Waals surface area contributed by atoms with Crippen LogP contribution in [-0.2, 0) is 9.53 Å². The highest BCUT2D eigenvalue weighted by atomic mass is 16.5. The van der Waals surface area contributed by atoms with Gasteiger partial charge < -0.3 is 10.1 Å². The lowest BCUT2D eigenvalue weighted by atomic mass is 9.87. The normalized spacial score (nSPS) is 20.1. The van der Waals surface area contributed by atoms with Crippen LogP contribution in [0.1, 0.15) is 39.5 Å². The molecule has 1 rings (SSSR count). The van der Waals surface area contributed by atoms with Crippen LogP contribution in [0.4, 0.5) is 0 Å². The van der Waals surface area contributed by atoms with E-state index in [1.54, 1.807) is 0 Å². The summed E-state index contributed by atoms with van der Waals surface area (Å²) in [6, 6.07) is 2.18. The third-order valence-electron chi connectivity index (χ3n) is 3.11. The van der Waals surface area contributed by atoms with Gasteiger partial charge in [0.15, 0.2) is 0 Å². The van der Waals surface area contributed by atoms with Gasteiger partial charge in [-0.25, -0.2) is 0 Å². The molecule has 90 valence electrons. The van der Waals surface area contributed by atoms with Crippen molar-refractivity contribution in [3.63, 3.8) is 0 Å². The Bertz CT molecular complexity index is 277. The van der Waals surface area contributed by atoms with E-state index < -0.39 is 5.41 Å². The second kappa shape index (κ2) is 5.86. The third-order valence-corrected chi connectivity index (χ3v) is 3.11. The predicted molar refractivity (Wildman–Crippen MR) is 60.6 cm³/mol. The van der Waals surface area contributed by atoms with Crippen LogP contribution in [0.3, 0.4) is 0 Å². The van der Waals surface area contributed by atoms with Gasteiger partial charge in [-0.1, -0.05) is 12.8 Å². The maximum atomic E-state index is 11.9. The standard InChI is InChI=1S/C12H20N2O2/c1-3-16-10(2)8-14-11(15)12(9-13)6-4-5-7-12/h10H,3-8H2,1-2H3,(H,14,15). The van der Waals surface area contributed by atoms with Crippen LogP contribution in [-0.4, -0.2) is 25.2 Å². The van der Waals surface area contributed by atoms with E-state index in [1.807, 2.05) is 13.8 Å². The summed E-state index contributed by atoms with van der Waals surface area (Å²) in [7, 11) is 0. The highest BCUT2D eigenvalue weighted by Gasteiger charge is 2.41. The maximum absolute atomic E-state index is 11.9. The quantitative estimate of drug-likeness (QED) is 0.771. The fraction of sp³-hybridized carbons (Fsp3) is 0.833. The fourth-order valence-electron chi connectivity index (χ4n) is 2.12. The molecule has 0 radical (unpaired) electrons. The van der Waals surface area contributed by atoms with Crippen molar-refractivity contribution in [2.75, 3.05) is 13.2 Å². The minimum Gasteiger partial charge on any atom is -0.377 e. The largest absolute Gasteiger partial charge is 0.377 e. The van der Waals surface area contributed by atoms with E-state index in [2.05, 4.69) is 11.4 Å². The van der Waals surface area contributed by atoms with E-state index in [1.165, 1.54) is 0 Å². The molecule has 4 nitrogen and oxygen atoms in total. The van der Waals surface area contributed by atoms with E-state index in [0.717, 1.165) is 12.8 Å². The average Bonchev–Trinajstić information content (AvgIpc) is 2.76. The fourth-order valence-corrected chi connectivity index (χ4v) is 2.12. The van der Waals surface area contributed by atoms with Crippen LogP contribution in [0.15, 0.2) is 0 Å². The minimum absolute atomic E-state index is 0.00564. The topological polar surface area (TPSA) is 62.1 Å². The van der Waals surface area contributed by atoms with Crippen LogP contribution in [0, 0.1) is 16.7 Å². The Hall–Kier alpha value is -1.08. The van der Waals surface area contributed by atoms with Gasteiger partial charge in [-0.05, 0) is 26.7 Å². The highest BCUT2D eigenvalue weighted by molar-refractivity contribution is 5.85. The summed E-state index contributed by atoms with van der Waals surface area (Å²) in [5.41, 5.74) is -0.772. The number of rotatable bonds is 5. The lowest BCUT2D eigenvalue weighted by Crippen LogP contribution is -2.41. The van der Waals surface area contributed by atoms with Gasteiger partial charge >= 0.3 is 0 Å². The maximum Gasteiger partial charge on any atom is 0.240 e. The monoisotopic (exact) mass is 224 g/mol. The van der Waals surface area contributed by atoms with Crippen LogP contribution < -0.4 is 5.32 Å². The van der Waals surface area contributed by atoms with Crippen molar-refractivity contribution >= 4 is 5.91 Å². The van der Waals surface area contributed by atoms with Crippen LogP contribution in [0.2, 0.25) is 0 Å². The van der Waals surface area contributed by atoms with Gasteiger partial charge in [0.25, 0.3) is 0 Å². The molecule has 1 fully saturated rings. The summed E-state index contributed by atoms with van der Waals surface area (Å²) >= 11 is 0. The predicted octanol–water partition coefficient (Wildman–Crippen LogP) is 1.61. The van der Waals surface area contributed by atoms with E-state index in [4.69, 9.17) is 10.00 Å². The number of carbonyl (C=O) groups excluding carboxylic acids is 1. The number of hydrogen-bond acceptors (Lipinski definition) is 3. The number of nitrogens with zero attached hydrogens (tertiary/aromatic N) is 1. The molecule has 1 amide bonds. The summed E-state index contributed by atoms with van der Waals surface area (Å²) in [5, 5.41) is 11.9. The molecular formula is C12H20N2O2. The molecular weight excluding hydrogens is 204 g/mol. The van der Waals surface area contributed by atoms with Gasteiger partial charge in [0.1, 0.15) is 5.41 Å². The summed E-state index contributed by atoms with van der Waals surface area (Å²) in [6.07, 6.45) is 3.34. The van der Waals surface area contributed by atoms with Crippen molar-refractivity contribution in [2.45, 2.75) is 45.6 Å². The average molecular weight is 224 g/mol. The van der Waals surface area contributed by atoms with Gasteiger partial charge in [0, 0.05) is 13.2 Å². The van der Waals surface area contributed by atoms with Gasteiger partial charge in [0.2, 0.25) is 5.91 Å². The van der Waals surface area contributed by atoms with E-state index >= 15 is 0 Å². The zero-order chi connectivity index (χ0) is 12.0. The number of hydrogen-bond donors (Lipinski definition) is 1. The first-order chi connectivity index (χ1) is 7.64. The Labute approximate surface area is 97.0 Å². The van der Waals surface area contributed by atoms with Crippen molar-refractivity contribution in [2.24, 2.45) is 5.41 Å². The van der Waals surface area contributed by atoms with Gasteiger partial charge in [-0.15, -0.1) is 0 Å². The van der Waals surface area contributed by atoms with Crippen LogP contribution >= 0.6 is 0 Å². The van der Waals surface area contributed by atoms with E-state index in [-0.39, 0.29) is 12.0 Å². The molecule has 0 aromatic rings. The molecule has 1 aliphatic carbocycles. The molecule has 0 aliphatic heterocycles. The Balaban J connectivity index is 2.42.